The summed E-state index contributed by atoms with van der Waals surface area (Å²) < 4.78 is 31.1. The van der Waals surface area contributed by atoms with Gasteiger partial charge in [-0.1, -0.05) is 0 Å². The van der Waals surface area contributed by atoms with E-state index < -0.39 is 10.0 Å². The van der Waals surface area contributed by atoms with Gasteiger partial charge in [0.25, 0.3) is 0 Å². The number of hydrogen-bond donors (Lipinski definition) is 0. The van der Waals surface area contributed by atoms with Crippen molar-refractivity contribution < 1.29 is 13.2 Å². The van der Waals surface area contributed by atoms with Crippen LogP contribution in [0.1, 0.15) is 33.1 Å². The van der Waals surface area contributed by atoms with E-state index in [1.165, 1.54) is 4.31 Å². The van der Waals surface area contributed by atoms with Gasteiger partial charge < -0.3 is 4.74 Å². The van der Waals surface area contributed by atoms with E-state index in [0.717, 1.165) is 12.8 Å². The van der Waals surface area contributed by atoms with Crippen LogP contribution in [0.4, 0.5) is 0 Å². The first kappa shape index (κ1) is 14.4. The van der Waals surface area contributed by atoms with E-state index in [1.807, 2.05) is 19.9 Å². The van der Waals surface area contributed by atoms with E-state index >= 15 is 0 Å². The molecule has 1 fully saturated rings. The van der Waals surface area contributed by atoms with Crippen LogP contribution in [-0.4, -0.2) is 43.8 Å². The Morgan fingerprint density at radius 1 is 1.53 bits per heavy atom. The topological polar surface area (TPSA) is 70.4 Å². The number of rotatable bonds is 6. The lowest BCUT2D eigenvalue weighted by atomic mass is 10.3. The minimum absolute atomic E-state index is 0.0383. The van der Waals surface area contributed by atoms with Gasteiger partial charge in [0.05, 0.1) is 17.9 Å². The molecule has 1 aliphatic rings. The monoisotopic (exact) mass is 260 g/mol. The second-order valence-corrected chi connectivity index (χ2v) is 6.49. The standard InChI is InChI=1S/C11H20N2O3S/c1-10(2)13(7-4-6-12)17(14,15)9-11-5-3-8-16-11/h10-11H,3-5,7-9H2,1-2H3. The number of sulfonamides is 1. The highest BCUT2D eigenvalue weighted by Gasteiger charge is 2.29. The van der Waals surface area contributed by atoms with E-state index in [0.29, 0.717) is 6.61 Å². The van der Waals surface area contributed by atoms with Crippen LogP contribution in [-0.2, 0) is 14.8 Å². The van der Waals surface area contributed by atoms with Crippen molar-refractivity contribution in [2.45, 2.75) is 45.3 Å². The first-order valence-electron chi connectivity index (χ1n) is 5.95. The Balaban J connectivity index is 2.66. The third-order valence-electron chi connectivity index (χ3n) is 2.80. The third-order valence-corrected chi connectivity index (χ3v) is 4.91. The summed E-state index contributed by atoms with van der Waals surface area (Å²) in [6, 6.07) is 1.87. The second-order valence-electron chi connectivity index (χ2n) is 4.53. The molecular weight excluding hydrogens is 240 g/mol. The molecule has 0 radical (unpaired) electrons. The fourth-order valence-corrected chi connectivity index (χ4v) is 3.92. The SMILES string of the molecule is CC(C)N(CCC#N)S(=O)(=O)CC1CCCO1. The molecule has 0 bridgehead atoms. The third kappa shape index (κ3) is 4.26. The van der Waals surface area contributed by atoms with Crippen molar-refractivity contribution in [1.82, 2.24) is 4.31 Å². The smallest absolute Gasteiger partial charge is 0.216 e. The van der Waals surface area contributed by atoms with Gasteiger partial charge in [0.15, 0.2) is 0 Å². The zero-order chi connectivity index (χ0) is 12.9. The van der Waals surface area contributed by atoms with Crippen LogP contribution in [0.2, 0.25) is 0 Å². The van der Waals surface area contributed by atoms with E-state index in [2.05, 4.69) is 0 Å². The second kappa shape index (κ2) is 6.34. The van der Waals surface area contributed by atoms with E-state index in [-0.39, 0.29) is 30.9 Å². The van der Waals surface area contributed by atoms with Crippen LogP contribution in [0.5, 0.6) is 0 Å². The van der Waals surface area contributed by atoms with Crippen LogP contribution in [0, 0.1) is 11.3 Å². The lowest BCUT2D eigenvalue weighted by Gasteiger charge is -2.26. The molecule has 0 aliphatic carbocycles. The molecule has 0 aromatic rings. The lowest BCUT2D eigenvalue weighted by molar-refractivity contribution is 0.126. The molecule has 98 valence electrons. The summed E-state index contributed by atoms with van der Waals surface area (Å²) in [4.78, 5) is 0. The maximum absolute atomic E-state index is 12.2. The summed E-state index contributed by atoms with van der Waals surface area (Å²) >= 11 is 0. The van der Waals surface area contributed by atoms with Crippen molar-refractivity contribution in [3.63, 3.8) is 0 Å². The number of hydrogen-bond acceptors (Lipinski definition) is 4. The Bertz CT molecular complexity index is 367. The van der Waals surface area contributed by atoms with Crippen LogP contribution < -0.4 is 0 Å². The fraction of sp³-hybridized carbons (Fsp3) is 0.909. The molecule has 0 N–H and O–H groups in total. The zero-order valence-electron chi connectivity index (χ0n) is 10.4. The molecule has 0 saturated carbocycles. The van der Waals surface area contributed by atoms with Crippen LogP contribution >= 0.6 is 0 Å². The van der Waals surface area contributed by atoms with Crippen LogP contribution in [0.3, 0.4) is 0 Å². The van der Waals surface area contributed by atoms with Crippen molar-refractivity contribution in [3.05, 3.63) is 0 Å². The molecule has 6 heteroatoms. The molecule has 1 heterocycles. The summed E-state index contributed by atoms with van der Waals surface area (Å²) in [7, 11) is -3.32. The fourth-order valence-electron chi connectivity index (χ4n) is 1.99. The minimum atomic E-state index is -3.32. The highest BCUT2D eigenvalue weighted by atomic mass is 32.2. The normalized spacial score (nSPS) is 21.0. The highest BCUT2D eigenvalue weighted by molar-refractivity contribution is 7.89. The van der Waals surface area contributed by atoms with E-state index in [1.54, 1.807) is 0 Å². The van der Waals surface area contributed by atoms with Gasteiger partial charge in [-0.15, -0.1) is 0 Å². The Labute approximate surface area is 103 Å². The van der Waals surface area contributed by atoms with Crippen molar-refractivity contribution in [1.29, 1.82) is 5.26 Å². The maximum Gasteiger partial charge on any atom is 0.216 e. The predicted molar refractivity (Wildman–Crippen MR) is 64.8 cm³/mol. The first-order valence-corrected chi connectivity index (χ1v) is 7.56. The summed E-state index contributed by atoms with van der Waals surface area (Å²) in [6.07, 6.45) is 1.79. The molecule has 1 rings (SSSR count). The maximum atomic E-state index is 12.2. The van der Waals surface area contributed by atoms with Gasteiger partial charge in [-0.05, 0) is 26.7 Å². The molecule has 0 spiro atoms. The van der Waals surface area contributed by atoms with Gasteiger partial charge in [-0.25, -0.2) is 8.42 Å². The molecular formula is C11H20N2O3S. The van der Waals surface area contributed by atoms with Crippen LogP contribution in [0.15, 0.2) is 0 Å². The Hall–Kier alpha value is -0.640. The largest absolute Gasteiger partial charge is 0.377 e. The van der Waals surface area contributed by atoms with Crippen LogP contribution in [0.25, 0.3) is 0 Å². The van der Waals surface area contributed by atoms with Gasteiger partial charge in [0.2, 0.25) is 10.0 Å². The minimum Gasteiger partial charge on any atom is -0.377 e. The van der Waals surface area contributed by atoms with Gasteiger partial charge in [0, 0.05) is 25.6 Å². The molecule has 0 aromatic heterocycles. The number of ether oxygens (including phenoxy) is 1. The van der Waals surface area contributed by atoms with Gasteiger partial charge in [-0.3, -0.25) is 0 Å². The average Bonchev–Trinajstić information content (AvgIpc) is 2.69. The van der Waals surface area contributed by atoms with Crippen molar-refractivity contribution in [2.75, 3.05) is 18.9 Å². The average molecular weight is 260 g/mol. The predicted octanol–water partition coefficient (Wildman–Crippen LogP) is 1.12. The van der Waals surface area contributed by atoms with Crippen molar-refractivity contribution >= 4 is 10.0 Å². The molecule has 1 aliphatic heterocycles. The summed E-state index contributed by atoms with van der Waals surface area (Å²) in [5.74, 6) is 0.0383. The Morgan fingerprint density at radius 2 is 2.24 bits per heavy atom. The molecule has 0 amide bonds. The molecule has 0 aromatic carbocycles. The Morgan fingerprint density at radius 3 is 2.71 bits per heavy atom. The summed E-state index contributed by atoms with van der Waals surface area (Å²) in [5.41, 5.74) is 0. The van der Waals surface area contributed by atoms with E-state index in [9.17, 15) is 8.42 Å². The zero-order valence-corrected chi connectivity index (χ0v) is 11.2. The van der Waals surface area contributed by atoms with Crippen molar-refractivity contribution in [2.24, 2.45) is 0 Å². The number of nitriles is 1. The van der Waals surface area contributed by atoms with Gasteiger partial charge in [-0.2, -0.15) is 9.57 Å². The number of nitrogens with zero attached hydrogens (tertiary/aromatic N) is 2. The molecule has 1 saturated heterocycles. The highest BCUT2D eigenvalue weighted by Crippen LogP contribution is 2.17. The quantitative estimate of drug-likeness (QED) is 0.717. The lowest BCUT2D eigenvalue weighted by Crippen LogP contribution is -2.41. The molecule has 1 unspecified atom stereocenters. The summed E-state index contributed by atoms with van der Waals surface area (Å²) in [5, 5.41) is 8.55. The first-order chi connectivity index (χ1) is 7.97. The van der Waals surface area contributed by atoms with Gasteiger partial charge >= 0.3 is 0 Å². The molecule has 5 nitrogen and oxygen atoms in total. The van der Waals surface area contributed by atoms with Crippen molar-refractivity contribution in [3.8, 4) is 6.07 Å². The Kier molecular flexibility index (Phi) is 5.37. The van der Waals surface area contributed by atoms with Gasteiger partial charge in [0.1, 0.15) is 0 Å². The van der Waals surface area contributed by atoms with E-state index in [4.69, 9.17) is 10.00 Å². The molecule has 1 atom stereocenters. The molecule has 17 heavy (non-hydrogen) atoms. The summed E-state index contributed by atoms with van der Waals surface area (Å²) in [6.45, 7) is 4.57.